The molecule has 168 valence electrons. The van der Waals surface area contributed by atoms with Gasteiger partial charge in [0.2, 0.25) is 11.9 Å². The molecule has 0 atom stereocenters. The first kappa shape index (κ1) is 22.9. The number of nitrogens with one attached hydrogen (secondary N) is 4. The smallest absolute Gasteiger partial charge is 0.263 e. The number of aromatic nitrogens is 3. The third-order valence-electron chi connectivity index (χ3n) is 4.20. The number of hydrogen-bond donors (Lipinski definition) is 4. The highest BCUT2D eigenvalue weighted by Crippen LogP contribution is 2.19. The fourth-order valence-corrected chi connectivity index (χ4v) is 3.70. The zero-order valence-corrected chi connectivity index (χ0v) is 18.4. The van der Waals surface area contributed by atoms with Crippen LogP contribution in [0.3, 0.4) is 0 Å². The first-order valence-corrected chi connectivity index (χ1v) is 11.6. The first-order valence-electron chi connectivity index (χ1n) is 10.1. The summed E-state index contributed by atoms with van der Waals surface area (Å²) in [5.74, 6) is 1.23. The van der Waals surface area contributed by atoms with Gasteiger partial charge in [-0.15, -0.1) is 0 Å². The lowest BCUT2D eigenvalue weighted by molar-refractivity contribution is -0.121. The average molecular weight is 456 g/mol. The standard InChI is InChI=1S/C21H25N7O3S/c1-2-5-20(29)23-14-15-25-21-24-13-11-19(27-21)26-16-7-9-17(10-8-16)32(30,31)28-18-6-3-4-12-22-18/h3-4,6-13H,2,5,14-15H2,1H3,(H,22,28)(H,23,29)(H2,24,25,26,27). The van der Waals surface area contributed by atoms with Gasteiger partial charge >= 0.3 is 0 Å². The number of carbonyl (C=O) groups excluding carboxylic acids is 1. The Balaban J connectivity index is 1.56. The van der Waals surface area contributed by atoms with Gasteiger partial charge in [-0.2, -0.15) is 4.98 Å². The number of pyridine rings is 1. The van der Waals surface area contributed by atoms with Crippen molar-refractivity contribution in [3.8, 4) is 0 Å². The van der Waals surface area contributed by atoms with Crippen LogP contribution in [0.4, 0.5) is 23.3 Å². The van der Waals surface area contributed by atoms with Crippen LogP contribution in [-0.2, 0) is 14.8 Å². The third-order valence-corrected chi connectivity index (χ3v) is 5.57. The normalized spacial score (nSPS) is 10.9. The van der Waals surface area contributed by atoms with E-state index in [0.29, 0.717) is 37.0 Å². The van der Waals surface area contributed by atoms with Gasteiger partial charge in [-0.05, 0) is 48.9 Å². The van der Waals surface area contributed by atoms with Gasteiger partial charge in [-0.25, -0.2) is 18.4 Å². The molecule has 0 aliphatic rings. The molecule has 0 aliphatic heterocycles. The summed E-state index contributed by atoms with van der Waals surface area (Å²) in [5, 5.41) is 8.97. The molecule has 0 saturated heterocycles. The van der Waals surface area contributed by atoms with E-state index in [1.807, 2.05) is 6.92 Å². The van der Waals surface area contributed by atoms with Gasteiger partial charge in [0, 0.05) is 37.6 Å². The Bertz CT molecular complexity index is 1120. The molecular weight excluding hydrogens is 430 g/mol. The summed E-state index contributed by atoms with van der Waals surface area (Å²) >= 11 is 0. The van der Waals surface area contributed by atoms with Crippen molar-refractivity contribution in [3.05, 3.63) is 60.9 Å². The molecular formula is C21H25N7O3S. The van der Waals surface area contributed by atoms with Crippen molar-refractivity contribution in [1.82, 2.24) is 20.3 Å². The van der Waals surface area contributed by atoms with E-state index in [-0.39, 0.29) is 16.6 Å². The molecule has 11 heteroatoms. The molecule has 1 aromatic carbocycles. The van der Waals surface area contributed by atoms with E-state index < -0.39 is 10.0 Å². The fourth-order valence-electron chi connectivity index (χ4n) is 2.69. The topological polar surface area (TPSA) is 138 Å². The minimum atomic E-state index is -3.74. The Hall–Kier alpha value is -3.73. The summed E-state index contributed by atoms with van der Waals surface area (Å²) in [7, 11) is -3.74. The van der Waals surface area contributed by atoms with Crippen molar-refractivity contribution in [2.45, 2.75) is 24.7 Å². The summed E-state index contributed by atoms with van der Waals surface area (Å²) in [4.78, 5) is 24.1. The zero-order valence-electron chi connectivity index (χ0n) is 17.6. The van der Waals surface area contributed by atoms with E-state index in [1.54, 1.807) is 42.6 Å². The van der Waals surface area contributed by atoms with Gasteiger partial charge in [0.05, 0.1) is 4.90 Å². The van der Waals surface area contributed by atoms with Crippen LogP contribution >= 0.6 is 0 Å². The molecule has 3 rings (SSSR count). The van der Waals surface area contributed by atoms with Gasteiger partial charge in [0.1, 0.15) is 11.6 Å². The molecule has 0 bridgehead atoms. The number of sulfonamides is 1. The van der Waals surface area contributed by atoms with E-state index >= 15 is 0 Å². The molecule has 0 fully saturated rings. The summed E-state index contributed by atoms with van der Waals surface area (Å²) in [6, 6.07) is 13.0. The number of nitrogens with zero attached hydrogens (tertiary/aromatic N) is 3. The summed E-state index contributed by atoms with van der Waals surface area (Å²) in [5.41, 5.74) is 0.665. The minimum Gasteiger partial charge on any atom is -0.354 e. The second-order valence-electron chi connectivity index (χ2n) is 6.76. The SMILES string of the molecule is CCCC(=O)NCCNc1nccc(Nc2ccc(S(=O)(=O)Nc3ccccn3)cc2)n1. The van der Waals surface area contributed by atoms with Crippen LogP contribution < -0.4 is 20.7 Å². The Labute approximate surface area is 187 Å². The number of rotatable bonds is 11. The molecule has 0 spiro atoms. The quantitative estimate of drug-likeness (QED) is 0.324. The lowest BCUT2D eigenvalue weighted by atomic mass is 10.3. The summed E-state index contributed by atoms with van der Waals surface area (Å²) in [6.07, 6.45) is 4.43. The monoisotopic (exact) mass is 455 g/mol. The van der Waals surface area contributed by atoms with Crippen molar-refractivity contribution >= 4 is 39.2 Å². The third kappa shape index (κ3) is 6.91. The molecule has 32 heavy (non-hydrogen) atoms. The zero-order chi connectivity index (χ0) is 22.8. The Kier molecular flexibility index (Phi) is 7.92. The largest absolute Gasteiger partial charge is 0.354 e. The maximum Gasteiger partial charge on any atom is 0.263 e. The van der Waals surface area contributed by atoms with Gasteiger partial charge in [0.25, 0.3) is 10.0 Å². The average Bonchev–Trinajstić information content (AvgIpc) is 2.78. The molecule has 2 aromatic heterocycles. The predicted molar refractivity (Wildman–Crippen MR) is 123 cm³/mol. The van der Waals surface area contributed by atoms with E-state index in [9.17, 15) is 13.2 Å². The van der Waals surface area contributed by atoms with Gasteiger partial charge in [-0.3, -0.25) is 9.52 Å². The number of carbonyl (C=O) groups is 1. The van der Waals surface area contributed by atoms with Crippen LogP contribution in [0.15, 0.2) is 65.8 Å². The minimum absolute atomic E-state index is 0.0197. The fraction of sp³-hybridized carbons (Fsp3) is 0.238. The first-order chi connectivity index (χ1) is 15.5. The Morgan fingerprint density at radius 1 is 0.938 bits per heavy atom. The molecule has 2 heterocycles. The van der Waals surface area contributed by atoms with E-state index in [4.69, 9.17) is 0 Å². The molecule has 1 amide bonds. The van der Waals surface area contributed by atoms with Gasteiger partial charge in [-0.1, -0.05) is 13.0 Å². The number of amides is 1. The summed E-state index contributed by atoms with van der Waals surface area (Å²) < 4.78 is 27.4. The van der Waals surface area contributed by atoms with Crippen LogP contribution in [0.5, 0.6) is 0 Å². The van der Waals surface area contributed by atoms with Crippen LogP contribution in [0, 0.1) is 0 Å². The van der Waals surface area contributed by atoms with Crippen molar-refractivity contribution in [2.75, 3.05) is 28.4 Å². The second-order valence-corrected chi connectivity index (χ2v) is 8.44. The lowest BCUT2D eigenvalue weighted by Gasteiger charge is -2.10. The molecule has 0 unspecified atom stereocenters. The van der Waals surface area contributed by atoms with Crippen molar-refractivity contribution in [3.63, 3.8) is 0 Å². The van der Waals surface area contributed by atoms with Gasteiger partial charge < -0.3 is 16.0 Å². The maximum absolute atomic E-state index is 12.5. The Morgan fingerprint density at radius 3 is 2.47 bits per heavy atom. The maximum atomic E-state index is 12.5. The van der Waals surface area contributed by atoms with Crippen LogP contribution in [0.25, 0.3) is 0 Å². The molecule has 3 aromatic rings. The van der Waals surface area contributed by atoms with E-state index in [1.165, 1.54) is 18.3 Å². The van der Waals surface area contributed by atoms with Crippen LogP contribution in [-0.4, -0.2) is 42.4 Å². The molecule has 0 saturated carbocycles. The lowest BCUT2D eigenvalue weighted by Crippen LogP contribution is -2.28. The van der Waals surface area contributed by atoms with Crippen molar-refractivity contribution < 1.29 is 13.2 Å². The number of benzene rings is 1. The predicted octanol–water partition coefficient (Wildman–Crippen LogP) is 2.74. The van der Waals surface area contributed by atoms with Gasteiger partial charge in [0.15, 0.2) is 0 Å². The molecule has 0 radical (unpaired) electrons. The van der Waals surface area contributed by atoms with Crippen LogP contribution in [0.2, 0.25) is 0 Å². The molecule has 0 aliphatic carbocycles. The van der Waals surface area contributed by atoms with E-state index in [2.05, 4.69) is 35.6 Å². The van der Waals surface area contributed by atoms with E-state index in [0.717, 1.165) is 6.42 Å². The highest BCUT2D eigenvalue weighted by atomic mass is 32.2. The number of anilines is 4. The molecule has 4 N–H and O–H groups in total. The highest BCUT2D eigenvalue weighted by molar-refractivity contribution is 7.92. The number of hydrogen-bond acceptors (Lipinski definition) is 8. The highest BCUT2D eigenvalue weighted by Gasteiger charge is 2.14. The Morgan fingerprint density at radius 2 is 1.75 bits per heavy atom. The van der Waals surface area contributed by atoms with Crippen LogP contribution in [0.1, 0.15) is 19.8 Å². The second kappa shape index (κ2) is 11.0. The van der Waals surface area contributed by atoms with Crippen molar-refractivity contribution in [2.24, 2.45) is 0 Å². The summed E-state index contributed by atoms with van der Waals surface area (Å²) in [6.45, 7) is 2.92. The van der Waals surface area contributed by atoms with Crippen molar-refractivity contribution in [1.29, 1.82) is 0 Å². The molecule has 10 nitrogen and oxygen atoms in total.